The minimum Gasteiger partial charge on any atom is -0.306 e. The summed E-state index contributed by atoms with van der Waals surface area (Å²) >= 11 is 2.49. The Morgan fingerprint density at radius 3 is 1.83 bits per heavy atom. The molecule has 5 heteroatoms. The van der Waals surface area contributed by atoms with Crippen molar-refractivity contribution < 1.29 is 0 Å². The third kappa shape index (κ3) is 3.73. The summed E-state index contributed by atoms with van der Waals surface area (Å²) in [7, 11) is 2.28. The van der Waals surface area contributed by atoms with Crippen LogP contribution < -0.4 is 0 Å². The summed E-state index contributed by atoms with van der Waals surface area (Å²) in [5, 5.41) is 0. The van der Waals surface area contributed by atoms with Gasteiger partial charge in [-0.15, -0.1) is 0 Å². The molecule has 0 aromatic rings. The van der Waals surface area contributed by atoms with Crippen LogP contribution in [0.15, 0.2) is 0 Å². The Morgan fingerprint density at radius 1 is 0.739 bits per heavy atom. The van der Waals surface area contributed by atoms with Crippen LogP contribution in [0, 0.1) is 5.41 Å². The van der Waals surface area contributed by atoms with Gasteiger partial charge in [0.2, 0.25) is 0 Å². The second-order valence-electron chi connectivity index (χ2n) is 8.58. The third-order valence-electron chi connectivity index (χ3n) is 7.18. The van der Waals surface area contributed by atoms with E-state index in [1.165, 1.54) is 90.9 Å². The number of nitrogens with zero attached hydrogens (tertiary/aromatic N) is 4. The maximum atomic E-state index is 2.83. The Morgan fingerprint density at radius 2 is 1.26 bits per heavy atom. The van der Waals surface area contributed by atoms with E-state index in [-0.39, 0.29) is 0 Å². The Hall–Kier alpha value is 0.570. The monoisotopic (exact) mass is 432 g/mol. The predicted octanol–water partition coefficient (Wildman–Crippen LogP) is 2.29. The van der Waals surface area contributed by atoms with Crippen LogP contribution in [0.1, 0.15) is 38.5 Å². The van der Waals surface area contributed by atoms with Crippen LogP contribution in [-0.2, 0) is 0 Å². The Bertz CT molecular complexity index is 386. The molecule has 4 nitrogen and oxygen atoms in total. The number of piperazine rings is 1. The van der Waals surface area contributed by atoms with Crippen molar-refractivity contribution in [2.75, 3.05) is 59.4 Å². The molecule has 1 spiro atoms. The molecular weight excluding hydrogens is 399 g/mol. The summed E-state index contributed by atoms with van der Waals surface area (Å²) < 4.78 is 2.46. The van der Waals surface area contributed by atoms with Crippen LogP contribution in [0.5, 0.6) is 0 Å². The first-order valence-corrected chi connectivity index (χ1v) is 10.7. The van der Waals surface area contributed by atoms with Crippen molar-refractivity contribution in [3.8, 4) is 0 Å². The molecule has 0 aromatic heterocycles. The van der Waals surface area contributed by atoms with Gasteiger partial charge >= 0.3 is 0 Å². The highest BCUT2D eigenvalue weighted by molar-refractivity contribution is 14.1. The smallest absolute Gasteiger partial charge is 0.0201 e. The minimum absolute atomic E-state index is 0.738. The molecule has 132 valence electrons. The Balaban J connectivity index is 1.21. The van der Waals surface area contributed by atoms with E-state index < -0.39 is 0 Å². The third-order valence-corrected chi connectivity index (χ3v) is 8.14. The van der Waals surface area contributed by atoms with Gasteiger partial charge in [0, 0.05) is 74.2 Å². The standard InChI is InChI=1S/C18H33IN4/c1-20-8-4-18(5-9-20)14-17(15-18)22-12-10-21(11-13-22)16-2-6-23(19)7-3-16/h16-17H,2-15H2,1H3. The van der Waals surface area contributed by atoms with E-state index in [4.69, 9.17) is 0 Å². The van der Waals surface area contributed by atoms with E-state index in [0.29, 0.717) is 0 Å². The molecule has 0 aromatic carbocycles. The fourth-order valence-electron chi connectivity index (χ4n) is 5.37. The molecule has 0 amide bonds. The van der Waals surface area contributed by atoms with Gasteiger partial charge < -0.3 is 4.90 Å². The van der Waals surface area contributed by atoms with E-state index in [2.05, 4.69) is 47.7 Å². The molecule has 4 aliphatic rings. The highest BCUT2D eigenvalue weighted by atomic mass is 127. The molecule has 3 aliphatic heterocycles. The van der Waals surface area contributed by atoms with E-state index in [9.17, 15) is 0 Å². The van der Waals surface area contributed by atoms with Gasteiger partial charge in [0.05, 0.1) is 0 Å². The average Bonchev–Trinajstić information content (AvgIpc) is 2.55. The lowest BCUT2D eigenvalue weighted by atomic mass is 9.60. The first-order chi connectivity index (χ1) is 11.1. The lowest BCUT2D eigenvalue weighted by Crippen LogP contribution is -2.60. The maximum Gasteiger partial charge on any atom is 0.0201 e. The zero-order valence-electron chi connectivity index (χ0n) is 14.7. The normalized spacial score (nSPS) is 33.1. The topological polar surface area (TPSA) is 13.0 Å². The first kappa shape index (κ1) is 17.0. The number of hydrogen-bond acceptors (Lipinski definition) is 4. The highest BCUT2D eigenvalue weighted by Crippen LogP contribution is 2.50. The number of likely N-dealkylation sites (tertiary alicyclic amines) is 1. The number of rotatable bonds is 2. The van der Waals surface area contributed by atoms with Crippen molar-refractivity contribution in [3.63, 3.8) is 0 Å². The van der Waals surface area contributed by atoms with Crippen LogP contribution >= 0.6 is 22.9 Å². The molecule has 0 N–H and O–H groups in total. The summed E-state index contributed by atoms with van der Waals surface area (Å²) in [5.41, 5.74) is 0.738. The van der Waals surface area contributed by atoms with Gasteiger partial charge in [-0.25, -0.2) is 3.11 Å². The Labute approximate surface area is 156 Å². The zero-order valence-corrected chi connectivity index (χ0v) is 16.9. The van der Waals surface area contributed by atoms with E-state index in [1.54, 1.807) is 0 Å². The Kier molecular flexibility index (Phi) is 5.22. The van der Waals surface area contributed by atoms with Crippen LogP contribution in [0.3, 0.4) is 0 Å². The van der Waals surface area contributed by atoms with Crippen LogP contribution in [0.4, 0.5) is 0 Å². The molecule has 0 bridgehead atoms. The van der Waals surface area contributed by atoms with E-state index in [1.807, 2.05) is 0 Å². The van der Waals surface area contributed by atoms with Gasteiger partial charge in [0.15, 0.2) is 0 Å². The van der Waals surface area contributed by atoms with Crippen molar-refractivity contribution in [2.45, 2.75) is 50.6 Å². The highest BCUT2D eigenvalue weighted by Gasteiger charge is 2.47. The van der Waals surface area contributed by atoms with Gasteiger partial charge in [-0.2, -0.15) is 0 Å². The molecule has 3 saturated heterocycles. The van der Waals surface area contributed by atoms with E-state index in [0.717, 1.165) is 17.5 Å². The molecule has 3 heterocycles. The molecule has 0 unspecified atom stereocenters. The van der Waals surface area contributed by atoms with Crippen LogP contribution in [0.2, 0.25) is 0 Å². The molecular formula is C18H33IN4. The molecule has 0 atom stereocenters. The van der Waals surface area contributed by atoms with Crippen LogP contribution in [-0.4, -0.2) is 89.3 Å². The minimum atomic E-state index is 0.738. The zero-order chi connectivity index (χ0) is 15.9. The SMILES string of the molecule is CN1CCC2(CC1)CC(N1CCN(C3CCN(I)CC3)CC1)C2. The summed E-state index contributed by atoms with van der Waals surface area (Å²) in [4.78, 5) is 8.14. The average molecular weight is 432 g/mol. The van der Waals surface area contributed by atoms with Crippen LogP contribution in [0.25, 0.3) is 0 Å². The van der Waals surface area contributed by atoms with Gasteiger partial charge in [-0.3, -0.25) is 9.80 Å². The number of piperidine rings is 2. The maximum absolute atomic E-state index is 2.83. The van der Waals surface area contributed by atoms with Gasteiger partial charge in [0.25, 0.3) is 0 Å². The van der Waals surface area contributed by atoms with Gasteiger partial charge in [0.1, 0.15) is 0 Å². The summed E-state index contributed by atoms with van der Waals surface area (Å²) in [6.45, 7) is 10.5. The molecule has 4 fully saturated rings. The number of halogens is 1. The largest absolute Gasteiger partial charge is 0.306 e. The van der Waals surface area contributed by atoms with Crippen molar-refractivity contribution in [3.05, 3.63) is 0 Å². The predicted molar refractivity (Wildman–Crippen MR) is 104 cm³/mol. The fraction of sp³-hybridized carbons (Fsp3) is 1.00. The quantitative estimate of drug-likeness (QED) is 0.491. The second kappa shape index (κ2) is 7.06. The van der Waals surface area contributed by atoms with Crippen molar-refractivity contribution >= 4 is 22.9 Å². The van der Waals surface area contributed by atoms with E-state index >= 15 is 0 Å². The fourth-order valence-corrected chi connectivity index (χ4v) is 5.92. The second-order valence-corrected chi connectivity index (χ2v) is 9.94. The van der Waals surface area contributed by atoms with Crippen molar-refractivity contribution in [2.24, 2.45) is 5.41 Å². The molecule has 1 saturated carbocycles. The molecule has 1 aliphatic carbocycles. The van der Waals surface area contributed by atoms with Crippen molar-refractivity contribution in [1.29, 1.82) is 0 Å². The lowest BCUT2D eigenvalue weighted by molar-refractivity contribution is -0.0572. The number of hydrogen-bond donors (Lipinski definition) is 0. The molecule has 0 radical (unpaired) electrons. The first-order valence-electron chi connectivity index (χ1n) is 9.71. The van der Waals surface area contributed by atoms with Gasteiger partial charge in [-0.1, -0.05) is 0 Å². The summed E-state index contributed by atoms with van der Waals surface area (Å²) in [6.07, 6.45) is 8.65. The molecule has 4 rings (SSSR count). The summed E-state index contributed by atoms with van der Waals surface area (Å²) in [5.74, 6) is 0. The lowest BCUT2D eigenvalue weighted by Gasteiger charge is -2.56. The molecule has 23 heavy (non-hydrogen) atoms. The van der Waals surface area contributed by atoms with Gasteiger partial charge in [-0.05, 0) is 64.1 Å². The van der Waals surface area contributed by atoms with Crippen molar-refractivity contribution in [1.82, 2.24) is 17.8 Å². The summed E-state index contributed by atoms with van der Waals surface area (Å²) in [6, 6.07) is 1.78.